The van der Waals surface area contributed by atoms with Gasteiger partial charge >= 0.3 is 0 Å². The fourth-order valence-electron chi connectivity index (χ4n) is 4.90. The number of ether oxygens (including phenoxy) is 1. The molecule has 2 saturated heterocycles. The molecular weight excluding hydrogens is 331 g/mol. The molecule has 1 aromatic rings. The van der Waals surface area contributed by atoms with Crippen molar-refractivity contribution in [2.75, 3.05) is 45.9 Å². The molecule has 1 amide bonds. The summed E-state index contributed by atoms with van der Waals surface area (Å²) >= 11 is 0. The van der Waals surface area contributed by atoms with Crippen LogP contribution >= 0.6 is 0 Å². The lowest BCUT2D eigenvalue weighted by molar-refractivity contribution is -0.134. The molecular formula is C21H29FN2O2. The molecule has 4 rings (SSSR count). The quantitative estimate of drug-likeness (QED) is 0.828. The Labute approximate surface area is 155 Å². The van der Waals surface area contributed by atoms with Crippen molar-refractivity contribution in [1.29, 1.82) is 0 Å². The summed E-state index contributed by atoms with van der Waals surface area (Å²) in [7, 11) is 0. The normalized spacial score (nSPS) is 28.0. The van der Waals surface area contributed by atoms with Gasteiger partial charge in [0.25, 0.3) is 0 Å². The molecule has 2 atom stereocenters. The number of rotatable bonds is 4. The maximum Gasteiger partial charge on any atom is 0.225 e. The van der Waals surface area contributed by atoms with Crippen LogP contribution in [0.5, 0.6) is 0 Å². The van der Waals surface area contributed by atoms with Crippen LogP contribution in [-0.4, -0.2) is 61.6 Å². The van der Waals surface area contributed by atoms with Crippen LogP contribution in [-0.2, 0) is 9.53 Å². The number of carbonyl (C=O) groups is 1. The van der Waals surface area contributed by atoms with Crippen LogP contribution in [0.1, 0.15) is 37.2 Å². The molecule has 2 unspecified atom stereocenters. The van der Waals surface area contributed by atoms with Crippen LogP contribution in [0.2, 0.25) is 0 Å². The molecule has 2 aliphatic heterocycles. The average Bonchev–Trinajstić information content (AvgIpc) is 3.32. The Balaban J connectivity index is 1.50. The van der Waals surface area contributed by atoms with E-state index >= 15 is 0 Å². The molecule has 3 fully saturated rings. The number of nitrogens with zero attached hydrogens (tertiary/aromatic N) is 2. The third-order valence-electron chi connectivity index (χ3n) is 6.33. The van der Waals surface area contributed by atoms with E-state index in [2.05, 4.69) is 9.80 Å². The Hall–Kier alpha value is -1.46. The second kappa shape index (κ2) is 8.05. The molecule has 5 heteroatoms. The molecule has 0 N–H and O–H groups in total. The summed E-state index contributed by atoms with van der Waals surface area (Å²) in [4.78, 5) is 17.4. The lowest BCUT2D eigenvalue weighted by Gasteiger charge is -2.31. The smallest absolute Gasteiger partial charge is 0.225 e. The Kier molecular flexibility index (Phi) is 5.55. The maximum absolute atomic E-state index is 13.8. The molecule has 26 heavy (non-hydrogen) atoms. The number of amides is 1. The summed E-state index contributed by atoms with van der Waals surface area (Å²) in [5.41, 5.74) is 1.03. The van der Waals surface area contributed by atoms with Gasteiger partial charge in [-0.15, -0.1) is 0 Å². The van der Waals surface area contributed by atoms with Gasteiger partial charge in [-0.25, -0.2) is 4.39 Å². The summed E-state index contributed by atoms with van der Waals surface area (Å²) in [6.07, 6.45) is 4.42. The van der Waals surface area contributed by atoms with Crippen LogP contribution in [0, 0.1) is 17.7 Å². The van der Waals surface area contributed by atoms with Gasteiger partial charge in [0.1, 0.15) is 5.82 Å². The molecule has 3 aliphatic rings. The number of hydrogen-bond donors (Lipinski definition) is 0. The molecule has 1 aliphatic carbocycles. The molecule has 0 radical (unpaired) electrons. The molecule has 1 aromatic carbocycles. The molecule has 0 bridgehead atoms. The number of benzene rings is 1. The van der Waals surface area contributed by atoms with Gasteiger partial charge in [-0.05, 0) is 36.5 Å². The Morgan fingerprint density at radius 2 is 1.92 bits per heavy atom. The highest BCUT2D eigenvalue weighted by Crippen LogP contribution is 2.36. The van der Waals surface area contributed by atoms with E-state index in [1.807, 2.05) is 6.07 Å². The van der Waals surface area contributed by atoms with Gasteiger partial charge in [-0.1, -0.05) is 25.0 Å². The van der Waals surface area contributed by atoms with Crippen molar-refractivity contribution in [3.63, 3.8) is 0 Å². The van der Waals surface area contributed by atoms with E-state index < -0.39 is 0 Å². The summed E-state index contributed by atoms with van der Waals surface area (Å²) in [6.45, 7) is 5.94. The van der Waals surface area contributed by atoms with Gasteiger partial charge < -0.3 is 9.64 Å². The number of halogens is 1. The number of likely N-dealkylation sites (tertiary alicyclic amines) is 1. The van der Waals surface area contributed by atoms with E-state index in [4.69, 9.17) is 4.74 Å². The van der Waals surface area contributed by atoms with Crippen molar-refractivity contribution in [1.82, 2.24) is 9.80 Å². The van der Waals surface area contributed by atoms with Crippen molar-refractivity contribution >= 4 is 5.91 Å². The molecule has 0 spiro atoms. The lowest BCUT2D eigenvalue weighted by Crippen LogP contribution is -2.41. The zero-order valence-electron chi connectivity index (χ0n) is 15.4. The predicted molar refractivity (Wildman–Crippen MR) is 98.4 cm³/mol. The Bertz CT molecular complexity index is 626. The highest BCUT2D eigenvalue weighted by atomic mass is 19.1. The average molecular weight is 360 g/mol. The zero-order valence-corrected chi connectivity index (χ0v) is 15.4. The highest BCUT2D eigenvalue weighted by Gasteiger charge is 2.39. The van der Waals surface area contributed by atoms with Crippen LogP contribution in [0.3, 0.4) is 0 Å². The van der Waals surface area contributed by atoms with Crippen molar-refractivity contribution in [2.45, 2.75) is 31.6 Å². The predicted octanol–water partition coefficient (Wildman–Crippen LogP) is 2.89. The molecule has 2 heterocycles. The van der Waals surface area contributed by atoms with Crippen LogP contribution < -0.4 is 0 Å². The van der Waals surface area contributed by atoms with E-state index in [0.29, 0.717) is 11.8 Å². The second-order valence-electron chi connectivity index (χ2n) is 8.06. The minimum atomic E-state index is -0.187. The number of hydrogen-bond acceptors (Lipinski definition) is 3. The van der Waals surface area contributed by atoms with Gasteiger partial charge in [0.2, 0.25) is 5.91 Å². The minimum Gasteiger partial charge on any atom is -0.379 e. The Morgan fingerprint density at radius 3 is 2.65 bits per heavy atom. The first kappa shape index (κ1) is 17.9. The fraction of sp³-hybridized carbons (Fsp3) is 0.667. The van der Waals surface area contributed by atoms with Gasteiger partial charge in [0.15, 0.2) is 0 Å². The van der Waals surface area contributed by atoms with E-state index in [-0.39, 0.29) is 17.7 Å². The summed E-state index contributed by atoms with van der Waals surface area (Å²) in [5, 5.41) is 0. The van der Waals surface area contributed by atoms with Crippen molar-refractivity contribution in [2.24, 2.45) is 11.8 Å². The van der Waals surface area contributed by atoms with Crippen molar-refractivity contribution < 1.29 is 13.9 Å². The topological polar surface area (TPSA) is 32.8 Å². The zero-order chi connectivity index (χ0) is 17.9. The Morgan fingerprint density at radius 1 is 1.15 bits per heavy atom. The third-order valence-corrected chi connectivity index (χ3v) is 6.33. The van der Waals surface area contributed by atoms with Gasteiger partial charge in [0, 0.05) is 44.6 Å². The molecule has 4 nitrogen and oxygen atoms in total. The molecule has 0 aromatic heterocycles. The number of morpholine rings is 1. The van der Waals surface area contributed by atoms with Gasteiger partial charge in [0.05, 0.1) is 13.2 Å². The monoisotopic (exact) mass is 360 g/mol. The van der Waals surface area contributed by atoms with Gasteiger partial charge in [-0.2, -0.15) is 0 Å². The third kappa shape index (κ3) is 3.94. The van der Waals surface area contributed by atoms with Crippen LogP contribution in [0.4, 0.5) is 4.39 Å². The molecule has 1 saturated carbocycles. The van der Waals surface area contributed by atoms with E-state index in [1.54, 1.807) is 12.1 Å². The van der Waals surface area contributed by atoms with Crippen LogP contribution in [0.25, 0.3) is 0 Å². The van der Waals surface area contributed by atoms with Crippen molar-refractivity contribution in [3.8, 4) is 0 Å². The maximum atomic E-state index is 13.8. The first-order valence-corrected chi connectivity index (χ1v) is 10.0. The largest absolute Gasteiger partial charge is 0.379 e. The van der Waals surface area contributed by atoms with Gasteiger partial charge in [-0.3, -0.25) is 9.69 Å². The minimum absolute atomic E-state index is 0.187. The second-order valence-corrected chi connectivity index (χ2v) is 8.06. The fourth-order valence-corrected chi connectivity index (χ4v) is 4.90. The summed E-state index contributed by atoms with van der Waals surface area (Å²) in [5.74, 6) is 0.936. The summed E-state index contributed by atoms with van der Waals surface area (Å²) in [6, 6.07) is 6.96. The van der Waals surface area contributed by atoms with Crippen LogP contribution in [0.15, 0.2) is 24.3 Å². The van der Waals surface area contributed by atoms with E-state index in [0.717, 1.165) is 64.3 Å². The van der Waals surface area contributed by atoms with Crippen molar-refractivity contribution in [3.05, 3.63) is 35.6 Å². The highest BCUT2D eigenvalue weighted by molar-refractivity contribution is 5.79. The number of carbonyl (C=O) groups excluding carboxylic acids is 1. The van der Waals surface area contributed by atoms with E-state index in [1.165, 1.54) is 18.9 Å². The van der Waals surface area contributed by atoms with E-state index in [9.17, 15) is 9.18 Å². The summed E-state index contributed by atoms with van der Waals surface area (Å²) < 4.78 is 19.3. The SMILES string of the molecule is O=C(C1CCCC1)N1CC(CN2CCOCC2)C(c2cccc(F)c2)C1. The first-order chi connectivity index (χ1) is 12.7. The first-order valence-electron chi connectivity index (χ1n) is 10.0. The molecule has 142 valence electrons. The lowest BCUT2D eigenvalue weighted by atomic mass is 9.88. The standard InChI is InChI=1S/C21H29FN2O2/c22-19-7-3-6-17(12-19)20-15-24(21(25)16-4-1-2-5-16)14-18(20)13-23-8-10-26-11-9-23/h3,6-7,12,16,18,20H,1-2,4-5,8-11,13-15H2.